The highest BCUT2D eigenvalue weighted by Gasteiger charge is 2.48. The third-order valence-corrected chi connectivity index (χ3v) is 4.01. The molecule has 1 fully saturated rings. The highest BCUT2D eigenvalue weighted by atomic mass is 16.5. The molecule has 2 rings (SSSR count). The van der Waals surface area contributed by atoms with E-state index in [0.29, 0.717) is 12.0 Å². The van der Waals surface area contributed by atoms with Crippen molar-refractivity contribution in [3.05, 3.63) is 48.6 Å². The molecular weight excluding hydrogens is 320 g/mol. The van der Waals surface area contributed by atoms with Crippen LogP contribution >= 0.6 is 0 Å². The number of Topliss-reactive ketones (excluding diaryl/α,β-unsaturated/α-hetero) is 1. The predicted molar refractivity (Wildman–Crippen MR) is 92.6 cm³/mol. The Balaban J connectivity index is 2.06. The summed E-state index contributed by atoms with van der Waals surface area (Å²) in [7, 11) is 0. The molecule has 0 bridgehead atoms. The van der Waals surface area contributed by atoms with E-state index in [1.807, 2.05) is 6.07 Å². The van der Waals surface area contributed by atoms with Gasteiger partial charge in [0.15, 0.2) is 5.78 Å². The van der Waals surface area contributed by atoms with Crippen LogP contribution in [0.4, 0.5) is 4.79 Å². The molecule has 1 aromatic carbocycles. The minimum atomic E-state index is -0.694. The number of ether oxygens (including phenoxy) is 1. The van der Waals surface area contributed by atoms with Crippen molar-refractivity contribution >= 4 is 17.8 Å². The third kappa shape index (κ3) is 4.48. The monoisotopic (exact) mass is 340 g/mol. The zero-order valence-electron chi connectivity index (χ0n) is 13.7. The Morgan fingerprint density at radius 3 is 2.72 bits per heavy atom. The summed E-state index contributed by atoms with van der Waals surface area (Å²) in [4.78, 5) is 36.5. The molecule has 2 unspecified atom stereocenters. The lowest BCUT2D eigenvalue weighted by atomic mass is 9.69. The molecule has 0 aliphatic heterocycles. The summed E-state index contributed by atoms with van der Waals surface area (Å²) in [5.74, 6) is 0.385. The summed E-state index contributed by atoms with van der Waals surface area (Å²) in [6.07, 6.45) is 6.90. The van der Waals surface area contributed by atoms with E-state index in [1.165, 1.54) is 6.08 Å². The van der Waals surface area contributed by atoms with Crippen LogP contribution in [0.3, 0.4) is 0 Å². The maximum Gasteiger partial charge on any atom is 0.316 e. The highest BCUT2D eigenvalue weighted by molar-refractivity contribution is 5.99. The Labute approximate surface area is 146 Å². The van der Waals surface area contributed by atoms with Gasteiger partial charge in [-0.15, -0.1) is 6.42 Å². The van der Waals surface area contributed by atoms with Crippen molar-refractivity contribution in [2.24, 2.45) is 5.92 Å². The first-order chi connectivity index (χ1) is 12.1. The number of benzene rings is 1. The second kappa shape index (κ2) is 8.69. The average Bonchev–Trinajstić information content (AvgIpc) is 2.64. The van der Waals surface area contributed by atoms with E-state index in [4.69, 9.17) is 11.2 Å². The van der Waals surface area contributed by atoms with Crippen LogP contribution < -0.4 is 10.6 Å². The van der Waals surface area contributed by atoms with Gasteiger partial charge in [0.25, 0.3) is 0 Å². The number of carbonyl (C=O) groups is 3. The third-order valence-electron chi connectivity index (χ3n) is 4.01. The number of rotatable bonds is 7. The van der Waals surface area contributed by atoms with Crippen molar-refractivity contribution in [1.82, 2.24) is 10.6 Å². The molecule has 1 aliphatic carbocycles. The summed E-state index contributed by atoms with van der Waals surface area (Å²) >= 11 is 0. The minimum absolute atomic E-state index is 0.0801. The van der Waals surface area contributed by atoms with E-state index < -0.39 is 29.9 Å². The van der Waals surface area contributed by atoms with Crippen LogP contribution in [0.5, 0.6) is 0 Å². The Bertz CT molecular complexity index is 693. The molecule has 3 atom stereocenters. The zero-order chi connectivity index (χ0) is 18.2. The van der Waals surface area contributed by atoms with Gasteiger partial charge in [0.1, 0.15) is 6.61 Å². The molecule has 1 aliphatic rings. The fraction of sp³-hybridized carbons (Fsp3) is 0.316. The molecule has 6 heteroatoms. The first-order valence-corrected chi connectivity index (χ1v) is 7.92. The molecule has 1 saturated carbocycles. The van der Waals surface area contributed by atoms with E-state index in [0.717, 1.165) is 0 Å². The molecule has 2 N–H and O–H groups in total. The fourth-order valence-corrected chi connectivity index (χ4v) is 2.78. The van der Waals surface area contributed by atoms with Gasteiger partial charge >= 0.3 is 12.0 Å². The van der Waals surface area contributed by atoms with E-state index >= 15 is 0 Å². The first kappa shape index (κ1) is 18.3. The summed E-state index contributed by atoms with van der Waals surface area (Å²) < 4.78 is 5.15. The number of terminal acetylenes is 1. The van der Waals surface area contributed by atoms with Crippen molar-refractivity contribution in [2.45, 2.75) is 18.4 Å². The maximum atomic E-state index is 12.5. The van der Waals surface area contributed by atoms with E-state index in [1.54, 1.807) is 24.3 Å². The van der Waals surface area contributed by atoms with Gasteiger partial charge in [-0.25, -0.2) is 4.79 Å². The summed E-state index contributed by atoms with van der Waals surface area (Å²) in [5.41, 5.74) is 0.713. The van der Waals surface area contributed by atoms with Gasteiger partial charge in [-0.2, -0.15) is 0 Å². The van der Waals surface area contributed by atoms with E-state index in [-0.39, 0.29) is 18.9 Å². The topological polar surface area (TPSA) is 84.5 Å². The van der Waals surface area contributed by atoms with Crippen molar-refractivity contribution in [3.63, 3.8) is 0 Å². The summed E-state index contributed by atoms with van der Waals surface area (Å²) in [6, 6.07) is 7.88. The normalized spacial score (nSPS) is 19.7. The van der Waals surface area contributed by atoms with Crippen molar-refractivity contribution in [3.8, 4) is 12.3 Å². The second-order valence-electron chi connectivity index (χ2n) is 5.64. The smallest absolute Gasteiger partial charge is 0.316 e. The lowest BCUT2D eigenvalue weighted by Gasteiger charge is -2.38. The Morgan fingerprint density at radius 1 is 1.40 bits per heavy atom. The molecule has 0 aromatic heterocycles. The van der Waals surface area contributed by atoms with E-state index in [2.05, 4.69) is 23.1 Å². The van der Waals surface area contributed by atoms with Gasteiger partial charge in [0.05, 0.1) is 18.5 Å². The van der Waals surface area contributed by atoms with Crippen LogP contribution in [-0.4, -0.2) is 37.0 Å². The zero-order valence-corrected chi connectivity index (χ0v) is 13.7. The van der Waals surface area contributed by atoms with Gasteiger partial charge in [-0.05, 0) is 12.0 Å². The molecule has 130 valence electrons. The average molecular weight is 340 g/mol. The molecular formula is C19H20N2O4. The van der Waals surface area contributed by atoms with Gasteiger partial charge in [-0.3, -0.25) is 9.59 Å². The van der Waals surface area contributed by atoms with Crippen molar-refractivity contribution in [2.75, 3.05) is 13.2 Å². The molecule has 1 aromatic rings. The molecule has 0 spiro atoms. The summed E-state index contributed by atoms with van der Waals surface area (Å²) in [5, 5.41) is 4.99. The van der Waals surface area contributed by atoms with Gasteiger partial charge in [0.2, 0.25) is 0 Å². The Hall–Kier alpha value is -3.07. The van der Waals surface area contributed by atoms with Crippen LogP contribution in [-0.2, 0) is 14.3 Å². The number of ketones is 1. The minimum Gasteiger partial charge on any atom is -0.461 e. The number of hydrogen-bond donors (Lipinski definition) is 2. The second-order valence-corrected chi connectivity index (χ2v) is 5.64. The molecule has 6 nitrogen and oxygen atoms in total. The van der Waals surface area contributed by atoms with Gasteiger partial charge < -0.3 is 15.4 Å². The quantitative estimate of drug-likeness (QED) is 0.446. The molecule has 2 amide bonds. The number of nitrogens with one attached hydrogen (secondary N) is 2. The van der Waals surface area contributed by atoms with Crippen LogP contribution in [0, 0.1) is 18.3 Å². The SMILES string of the molecule is C#CCNC(=O)NC1CC([C@@H](C(=O)OCC=C)c2ccccc2)C1=O. The summed E-state index contributed by atoms with van der Waals surface area (Å²) in [6.45, 7) is 3.68. The van der Waals surface area contributed by atoms with E-state index in [9.17, 15) is 14.4 Å². The molecule has 0 radical (unpaired) electrons. The number of hydrogen-bond acceptors (Lipinski definition) is 4. The number of esters is 1. The van der Waals surface area contributed by atoms with Crippen LogP contribution in [0.2, 0.25) is 0 Å². The van der Waals surface area contributed by atoms with Crippen molar-refractivity contribution in [1.29, 1.82) is 0 Å². The lowest BCUT2D eigenvalue weighted by Crippen LogP contribution is -2.57. The molecule has 0 saturated heterocycles. The van der Waals surface area contributed by atoms with Crippen LogP contribution in [0.25, 0.3) is 0 Å². The number of amides is 2. The number of urea groups is 1. The van der Waals surface area contributed by atoms with Crippen molar-refractivity contribution < 1.29 is 19.1 Å². The largest absolute Gasteiger partial charge is 0.461 e. The van der Waals surface area contributed by atoms with Gasteiger partial charge in [-0.1, -0.05) is 48.9 Å². The molecule has 25 heavy (non-hydrogen) atoms. The van der Waals surface area contributed by atoms with Crippen LogP contribution in [0.1, 0.15) is 17.9 Å². The van der Waals surface area contributed by atoms with Crippen LogP contribution in [0.15, 0.2) is 43.0 Å². The standard InChI is InChI=1S/C19H20N2O4/c1-3-10-20-19(24)21-15-12-14(17(15)22)16(18(23)25-11-4-2)13-8-6-5-7-9-13/h1,4-9,14-16H,2,10-12H2,(H2,20,21,24)/t14?,15?,16-/m0/s1. The lowest BCUT2D eigenvalue weighted by molar-refractivity contribution is -0.151. The fourth-order valence-electron chi connectivity index (χ4n) is 2.78. The van der Waals surface area contributed by atoms with Gasteiger partial charge in [0, 0.05) is 5.92 Å². The maximum absolute atomic E-state index is 12.5. The highest BCUT2D eigenvalue weighted by Crippen LogP contribution is 2.37. The number of carbonyl (C=O) groups excluding carboxylic acids is 3. The Kier molecular flexibility index (Phi) is 6.35. The predicted octanol–water partition coefficient (Wildman–Crippen LogP) is 1.39. The Morgan fingerprint density at radius 2 is 2.12 bits per heavy atom. The molecule has 0 heterocycles. The first-order valence-electron chi connectivity index (χ1n) is 7.92.